The van der Waals surface area contributed by atoms with Gasteiger partial charge in [-0.3, -0.25) is 4.79 Å². The van der Waals surface area contributed by atoms with Crippen molar-refractivity contribution in [1.29, 1.82) is 0 Å². The van der Waals surface area contributed by atoms with E-state index in [1.165, 1.54) is 37.1 Å². The summed E-state index contributed by atoms with van der Waals surface area (Å²) in [7, 11) is 1.63. The summed E-state index contributed by atoms with van der Waals surface area (Å²) in [6.45, 7) is 4.72. The summed E-state index contributed by atoms with van der Waals surface area (Å²) in [4.78, 5) is 13.0. The Hall–Kier alpha value is -2.60. The van der Waals surface area contributed by atoms with Gasteiger partial charge in [0.1, 0.15) is 0 Å². The summed E-state index contributed by atoms with van der Waals surface area (Å²) >= 11 is 3.61. The first kappa shape index (κ1) is 24.1. The summed E-state index contributed by atoms with van der Waals surface area (Å²) in [6.07, 6.45) is 9.12. The van der Waals surface area contributed by atoms with E-state index in [-0.39, 0.29) is 5.91 Å². The van der Waals surface area contributed by atoms with Gasteiger partial charge in [0, 0.05) is 0 Å². The molecule has 3 rings (SSSR count). The number of hydrogen-bond donors (Lipinski definition) is 0. The number of nitrogens with zero attached hydrogens (tertiary/aromatic N) is 2. The Kier molecular flexibility index (Phi) is 8.91. The second kappa shape index (κ2) is 11.9. The fourth-order valence-corrected chi connectivity index (χ4v) is 4.19. The molecule has 2 aromatic rings. The Balaban J connectivity index is 1.71. The normalized spacial score (nSPS) is 14.8. The van der Waals surface area contributed by atoms with Crippen LogP contribution < -0.4 is 14.5 Å². The van der Waals surface area contributed by atoms with Gasteiger partial charge in [-0.25, -0.2) is 0 Å². The molecule has 1 amide bonds. The van der Waals surface area contributed by atoms with Gasteiger partial charge in [-0.1, -0.05) is 57.2 Å². The van der Waals surface area contributed by atoms with Crippen molar-refractivity contribution in [3.05, 3.63) is 58.1 Å². The van der Waals surface area contributed by atoms with Crippen LogP contribution in [0.1, 0.15) is 57.9 Å². The molecule has 0 fully saturated rings. The molecular formula is C26H31BrN2O3. The second-order valence-electron chi connectivity index (χ2n) is 7.85. The number of anilines is 1. The lowest BCUT2D eigenvalue weighted by molar-refractivity contribution is -0.114. The van der Waals surface area contributed by atoms with Crippen LogP contribution in [0.5, 0.6) is 11.5 Å². The van der Waals surface area contributed by atoms with Crippen LogP contribution in [0.25, 0.3) is 6.08 Å². The fraction of sp³-hybridized carbons (Fsp3) is 0.385. The average Bonchev–Trinajstić information content (AvgIpc) is 3.08. The van der Waals surface area contributed by atoms with Gasteiger partial charge in [0.2, 0.25) is 0 Å². The molecular weight excluding hydrogens is 468 g/mol. The van der Waals surface area contributed by atoms with Crippen molar-refractivity contribution in [3.63, 3.8) is 0 Å². The van der Waals surface area contributed by atoms with E-state index < -0.39 is 0 Å². The number of carbonyl (C=O) groups excluding carboxylic acids is 1. The van der Waals surface area contributed by atoms with Crippen molar-refractivity contribution in [2.75, 3.05) is 18.7 Å². The third-order valence-electron chi connectivity index (χ3n) is 5.37. The molecule has 2 aromatic carbocycles. The van der Waals surface area contributed by atoms with E-state index in [4.69, 9.17) is 9.47 Å². The maximum absolute atomic E-state index is 13.0. The first-order chi connectivity index (χ1) is 15.5. The highest BCUT2D eigenvalue weighted by Gasteiger charge is 2.28. The highest BCUT2D eigenvalue weighted by Crippen LogP contribution is 2.38. The molecule has 0 radical (unpaired) electrons. The summed E-state index contributed by atoms with van der Waals surface area (Å²) in [5.74, 6) is 1.18. The zero-order valence-electron chi connectivity index (χ0n) is 19.1. The molecule has 0 saturated heterocycles. The number of para-hydroxylation sites is 1. The number of benzene rings is 2. The molecule has 0 bridgehead atoms. The minimum Gasteiger partial charge on any atom is -0.493 e. The number of amides is 1. The Morgan fingerprint density at radius 3 is 2.50 bits per heavy atom. The minimum atomic E-state index is -0.146. The maximum atomic E-state index is 13.0. The van der Waals surface area contributed by atoms with Gasteiger partial charge in [0.15, 0.2) is 11.5 Å². The number of methoxy groups -OCH3 is 1. The van der Waals surface area contributed by atoms with Crippen LogP contribution in [0.2, 0.25) is 0 Å². The summed E-state index contributed by atoms with van der Waals surface area (Å²) in [5, 5.41) is 5.88. The van der Waals surface area contributed by atoms with Crippen molar-refractivity contribution >= 4 is 39.3 Å². The molecule has 170 valence electrons. The number of rotatable bonds is 11. The highest BCUT2D eigenvalue weighted by atomic mass is 79.9. The molecule has 32 heavy (non-hydrogen) atoms. The standard InChI is InChI=1S/C26H31BrN2O3/c1-4-5-6-7-8-12-15-32-25-23(27)17-20(18-24(25)31-3)16-22-19(2)28-29(26(22)30)21-13-10-9-11-14-21/h9-11,13-14,16-18H,4-8,12,15H2,1-3H3/b22-16-. The van der Waals surface area contributed by atoms with Gasteiger partial charge in [-0.05, 0) is 65.2 Å². The van der Waals surface area contributed by atoms with E-state index >= 15 is 0 Å². The lowest BCUT2D eigenvalue weighted by Gasteiger charge is -2.14. The second-order valence-corrected chi connectivity index (χ2v) is 8.70. The van der Waals surface area contributed by atoms with E-state index in [1.807, 2.05) is 55.5 Å². The van der Waals surface area contributed by atoms with Crippen LogP contribution in [-0.2, 0) is 4.79 Å². The zero-order chi connectivity index (χ0) is 22.9. The van der Waals surface area contributed by atoms with Crippen LogP contribution in [0.3, 0.4) is 0 Å². The highest BCUT2D eigenvalue weighted by molar-refractivity contribution is 9.10. The molecule has 1 heterocycles. The zero-order valence-corrected chi connectivity index (χ0v) is 20.7. The van der Waals surface area contributed by atoms with E-state index in [9.17, 15) is 4.79 Å². The number of unbranched alkanes of at least 4 members (excludes halogenated alkanes) is 5. The van der Waals surface area contributed by atoms with Gasteiger partial charge in [-0.2, -0.15) is 10.1 Å². The molecule has 0 aromatic heterocycles. The lowest BCUT2D eigenvalue weighted by atomic mass is 10.1. The van der Waals surface area contributed by atoms with Crippen LogP contribution in [-0.4, -0.2) is 25.3 Å². The number of carbonyl (C=O) groups is 1. The van der Waals surface area contributed by atoms with Crippen LogP contribution in [0, 0.1) is 0 Å². The number of hydrazone groups is 1. The van der Waals surface area contributed by atoms with Gasteiger partial charge >= 0.3 is 0 Å². The molecule has 6 heteroatoms. The van der Waals surface area contributed by atoms with E-state index in [0.29, 0.717) is 29.4 Å². The monoisotopic (exact) mass is 498 g/mol. The van der Waals surface area contributed by atoms with Gasteiger partial charge < -0.3 is 9.47 Å². The Morgan fingerprint density at radius 1 is 1.06 bits per heavy atom. The Morgan fingerprint density at radius 2 is 1.78 bits per heavy atom. The molecule has 0 atom stereocenters. The van der Waals surface area contributed by atoms with Crippen molar-refractivity contribution in [2.24, 2.45) is 5.10 Å². The van der Waals surface area contributed by atoms with Gasteiger partial charge in [-0.15, -0.1) is 0 Å². The van der Waals surface area contributed by atoms with E-state index in [2.05, 4.69) is 28.0 Å². The Labute approximate surface area is 199 Å². The number of hydrogen-bond acceptors (Lipinski definition) is 4. The summed E-state index contributed by atoms with van der Waals surface area (Å²) in [6, 6.07) is 13.3. The smallest absolute Gasteiger partial charge is 0.280 e. The Bertz CT molecular complexity index is 986. The SMILES string of the molecule is CCCCCCCCOc1c(Br)cc(/C=C2\C(=O)N(c3ccccc3)N=C2C)cc1OC. The van der Waals surface area contributed by atoms with Crippen LogP contribution in [0.15, 0.2) is 57.6 Å². The van der Waals surface area contributed by atoms with Crippen molar-refractivity contribution in [2.45, 2.75) is 52.4 Å². The van der Waals surface area contributed by atoms with Crippen molar-refractivity contribution in [3.8, 4) is 11.5 Å². The predicted molar refractivity (Wildman–Crippen MR) is 135 cm³/mol. The van der Waals surface area contributed by atoms with Crippen LogP contribution in [0.4, 0.5) is 5.69 Å². The van der Waals surface area contributed by atoms with Gasteiger partial charge in [0.05, 0.1) is 35.2 Å². The fourth-order valence-electron chi connectivity index (χ4n) is 3.61. The molecule has 0 saturated carbocycles. The van der Waals surface area contributed by atoms with E-state index in [0.717, 1.165) is 22.1 Å². The van der Waals surface area contributed by atoms with Crippen LogP contribution >= 0.6 is 15.9 Å². The van der Waals surface area contributed by atoms with Crippen molar-refractivity contribution in [1.82, 2.24) is 0 Å². The number of halogens is 1. The third kappa shape index (κ3) is 6.00. The topological polar surface area (TPSA) is 51.1 Å². The lowest BCUT2D eigenvalue weighted by Crippen LogP contribution is -2.21. The summed E-state index contributed by atoms with van der Waals surface area (Å²) in [5.41, 5.74) is 2.83. The molecule has 0 spiro atoms. The average molecular weight is 499 g/mol. The molecule has 0 unspecified atom stereocenters. The molecule has 1 aliphatic heterocycles. The van der Waals surface area contributed by atoms with Gasteiger partial charge in [0.25, 0.3) is 5.91 Å². The minimum absolute atomic E-state index is 0.146. The predicted octanol–water partition coefficient (Wildman–Crippen LogP) is 7.00. The molecule has 5 nitrogen and oxygen atoms in total. The molecule has 0 N–H and O–H groups in total. The maximum Gasteiger partial charge on any atom is 0.280 e. The van der Waals surface area contributed by atoms with E-state index in [1.54, 1.807) is 7.11 Å². The number of ether oxygens (including phenoxy) is 2. The largest absolute Gasteiger partial charge is 0.493 e. The third-order valence-corrected chi connectivity index (χ3v) is 5.96. The summed E-state index contributed by atoms with van der Waals surface area (Å²) < 4.78 is 12.4. The molecule has 0 aliphatic carbocycles. The first-order valence-electron chi connectivity index (χ1n) is 11.2. The first-order valence-corrected chi connectivity index (χ1v) is 12.0. The molecule has 1 aliphatic rings. The van der Waals surface area contributed by atoms with Crippen molar-refractivity contribution < 1.29 is 14.3 Å². The quantitative estimate of drug-likeness (QED) is 0.247.